The van der Waals surface area contributed by atoms with Gasteiger partial charge in [-0.1, -0.05) is 0 Å². The monoisotopic (exact) mass is 534 g/mol. The van der Waals surface area contributed by atoms with Gasteiger partial charge in [-0.15, -0.1) is 0 Å². The van der Waals surface area contributed by atoms with Crippen LogP contribution in [-0.2, 0) is 9.53 Å². The SMILES string of the molecule is COc1cc(-c2oc3cc4c(c(O)c3c(=O)c2OC)OCO4)ccc1OC1OC(C(=O)O)C(O)C(O)C1O. The van der Waals surface area contributed by atoms with Crippen molar-refractivity contribution in [2.24, 2.45) is 0 Å². The minimum absolute atomic E-state index is 0.00201. The van der Waals surface area contributed by atoms with Gasteiger partial charge < -0.3 is 58.4 Å². The van der Waals surface area contributed by atoms with Crippen LogP contribution in [0.15, 0.2) is 33.5 Å². The molecule has 1 aromatic heterocycles. The number of methoxy groups -OCH3 is 2. The standard InChI is InChI=1S/C24H22O14/c1-32-10-5-8(3-4-9(10)37-24-18(29)16(27)17(28)22(38-24)23(30)31)19-21(33-2)15(26)13-11(36-19)6-12-20(14(13)25)35-7-34-12/h3-6,16-18,22,24-25,27-29H,7H2,1-2H3,(H,30,31). The van der Waals surface area contributed by atoms with Crippen LogP contribution in [0.1, 0.15) is 0 Å². The second-order valence-electron chi connectivity index (χ2n) is 8.34. The van der Waals surface area contributed by atoms with Crippen molar-refractivity contribution >= 4 is 16.9 Å². The number of rotatable bonds is 6. The third-order valence-corrected chi connectivity index (χ3v) is 6.14. The average molecular weight is 534 g/mol. The first-order valence-corrected chi connectivity index (χ1v) is 11.1. The van der Waals surface area contributed by atoms with E-state index in [1.807, 2.05) is 0 Å². The molecule has 38 heavy (non-hydrogen) atoms. The number of fused-ring (bicyclic) bond motifs is 2. The van der Waals surface area contributed by atoms with E-state index in [2.05, 4.69) is 0 Å². The first-order valence-electron chi connectivity index (χ1n) is 11.1. The van der Waals surface area contributed by atoms with Crippen molar-refractivity contribution in [2.45, 2.75) is 30.7 Å². The number of carboxylic acids is 1. The molecule has 14 heteroatoms. The molecule has 202 valence electrons. The fraction of sp³-hybridized carbons (Fsp3) is 0.333. The van der Waals surface area contributed by atoms with Gasteiger partial charge in [-0.05, 0) is 18.2 Å². The number of aliphatic carboxylic acids is 1. The lowest BCUT2D eigenvalue weighted by Gasteiger charge is -2.38. The van der Waals surface area contributed by atoms with Crippen LogP contribution in [-0.4, -0.2) is 83.2 Å². The van der Waals surface area contributed by atoms with E-state index in [4.69, 9.17) is 32.8 Å². The molecule has 5 unspecified atom stereocenters. The third-order valence-electron chi connectivity index (χ3n) is 6.14. The van der Waals surface area contributed by atoms with Gasteiger partial charge in [-0.3, -0.25) is 4.79 Å². The van der Waals surface area contributed by atoms with Gasteiger partial charge in [0.05, 0.1) is 14.2 Å². The molecule has 5 rings (SSSR count). The number of ether oxygens (including phenoxy) is 6. The van der Waals surface area contributed by atoms with E-state index in [0.29, 0.717) is 0 Å². The van der Waals surface area contributed by atoms with Crippen LogP contribution in [0.4, 0.5) is 0 Å². The van der Waals surface area contributed by atoms with Crippen molar-refractivity contribution in [3.05, 3.63) is 34.5 Å². The maximum Gasteiger partial charge on any atom is 0.335 e. The zero-order chi connectivity index (χ0) is 27.3. The molecule has 0 aliphatic carbocycles. The Morgan fingerprint density at radius 3 is 2.45 bits per heavy atom. The number of aliphatic hydroxyl groups is 3. The lowest BCUT2D eigenvalue weighted by molar-refractivity contribution is -0.271. The molecule has 0 amide bonds. The van der Waals surface area contributed by atoms with Crippen LogP contribution in [0.5, 0.6) is 34.5 Å². The third kappa shape index (κ3) is 3.99. The summed E-state index contributed by atoms with van der Waals surface area (Å²) in [6, 6.07) is 5.62. The second-order valence-corrected chi connectivity index (χ2v) is 8.34. The van der Waals surface area contributed by atoms with E-state index in [-0.39, 0.29) is 57.8 Å². The number of carbonyl (C=O) groups is 1. The molecule has 0 saturated carbocycles. The van der Waals surface area contributed by atoms with E-state index in [1.165, 1.54) is 38.5 Å². The summed E-state index contributed by atoms with van der Waals surface area (Å²) in [4.78, 5) is 24.6. The van der Waals surface area contributed by atoms with Crippen molar-refractivity contribution in [1.29, 1.82) is 0 Å². The molecule has 0 bridgehead atoms. The van der Waals surface area contributed by atoms with Crippen molar-refractivity contribution in [1.82, 2.24) is 0 Å². The predicted octanol–water partition coefficient (Wildman–Crippen LogP) is 0.182. The molecule has 1 saturated heterocycles. The minimum Gasteiger partial charge on any atom is -0.504 e. The minimum atomic E-state index is -1.88. The highest BCUT2D eigenvalue weighted by Gasteiger charge is 2.48. The van der Waals surface area contributed by atoms with Crippen LogP contribution in [0.25, 0.3) is 22.3 Å². The Balaban J connectivity index is 1.54. The average Bonchev–Trinajstić information content (AvgIpc) is 3.37. The Bertz CT molecular complexity index is 1460. The summed E-state index contributed by atoms with van der Waals surface area (Å²) in [6.07, 6.45) is -9.05. The fourth-order valence-electron chi connectivity index (χ4n) is 4.23. The molecule has 14 nitrogen and oxygen atoms in total. The molecule has 0 radical (unpaired) electrons. The van der Waals surface area contributed by atoms with Crippen molar-refractivity contribution < 1.29 is 63.2 Å². The molecule has 2 aliphatic rings. The highest BCUT2D eigenvalue weighted by Crippen LogP contribution is 2.46. The number of aliphatic hydroxyl groups excluding tert-OH is 3. The number of phenolic OH excluding ortho intramolecular Hbond substituents is 1. The van der Waals surface area contributed by atoms with E-state index in [1.54, 1.807) is 0 Å². The lowest BCUT2D eigenvalue weighted by atomic mass is 9.99. The fourth-order valence-corrected chi connectivity index (χ4v) is 4.23. The molecule has 0 spiro atoms. The summed E-state index contributed by atoms with van der Waals surface area (Å²) >= 11 is 0. The Labute approximate surface area is 212 Å². The molecule has 2 aromatic carbocycles. The number of aromatic hydroxyl groups is 1. The van der Waals surface area contributed by atoms with Gasteiger partial charge in [0, 0.05) is 11.6 Å². The summed E-state index contributed by atoms with van der Waals surface area (Å²) in [5.74, 6) is -2.05. The maximum atomic E-state index is 13.2. The van der Waals surface area contributed by atoms with Crippen LogP contribution in [0.3, 0.4) is 0 Å². The maximum absolute atomic E-state index is 13.2. The molecule has 3 heterocycles. The molecule has 5 N–H and O–H groups in total. The van der Waals surface area contributed by atoms with Crippen molar-refractivity contribution in [2.75, 3.05) is 21.0 Å². The van der Waals surface area contributed by atoms with Gasteiger partial charge in [0.1, 0.15) is 29.3 Å². The van der Waals surface area contributed by atoms with E-state index < -0.39 is 47.9 Å². The van der Waals surface area contributed by atoms with E-state index >= 15 is 0 Å². The summed E-state index contributed by atoms with van der Waals surface area (Å²) in [5.41, 5.74) is -0.395. The first kappa shape index (κ1) is 25.4. The van der Waals surface area contributed by atoms with Crippen LogP contribution in [0, 0.1) is 0 Å². The highest BCUT2D eigenvalue weighted by molar-refractivity contribution is 5.91. The van der Waals surface area contributed by atoms with Crippen molar-refractivity contribution in [3.8, 4) is 45.8 Å². The molecular formula is C24H22O14. The van der Waals surface area contributed by atoms with Gasteiger partial charge in [0.2, 0.25) is 30.0 Å². The topological polar surface area (TPSA) is 204 Å². The second kappa shape index (κ2) is 9.57. The van der Waals surface area contributed by atoms with Gasteiger partial charge in [-0.25, -0.2) is 4.79 Å². The number of carboxylic acid groups (broad SMARTS) is 1. The van der Waals surface area contributed by atoms with E-state index in [0.717, 1.165) is 0 Å². The number of hydrogen-bond acceptors (Lipinski definition) is 13. The van der Waals surface area contributed by atoms with Gasteiger partial charge in [0.25, 0.3) is 0 Å². The molecule has 2 aliphatic heterocycles. The van der Waals surface area contributed by atoms with Crippen LogP contribution < -0.4 is 29.1 Å². The Hall–Kier alpha value is -4.24. The zero-order valence-electron chi connectivity index (χ0n) is 19.8. The number of phenols is 1. The molecular weight excluding hydrogens is 512 g/mol. The smallest absolute Gasteiger partial charge is 0.335 e. The summed E-state index contributed by atoms with van der Waals surface area (Å²) < 4.78 is 37.8. The normalized spacial score (nSPS) is 24.3. The highest BCUT2D eigenvalue weighted by atomic mass is 16.7. The molecule has 1 fully saturated rings. The van der Waals surface area contributed by atoms with E-state index in [9.17, 15) is 35.1 Å². The molecule has 3 aromatic rings. The summed E-state index contributed by atoms with van der Waals surface area (Å²) in [6.45, 7) is -0.140. The predicted molar refractivity (Wildman–Crippen MR) is 124 cm³/mol. The largest absolute Gasteiger partial charge is 0.504 e. The Morgan fingerprint density at radius 2 is 1.76 bits per heavy atom. The number of benzene rings is 2. The Morgan fingerprint density at radius 1 is 1.00 bits per heavy atom. The Kier molecular flexibility index (Phi) is 6.40. The summed E-state index contributed by atoms with van der Waals surface area (Å²) in [7, 11) is 2.55. The first-order chi connectivity index (χ1) is 18.2. The summed E-state index contributed by atoms with van der Waals surface area (Å²) in [5, 5.41) is 49.8. The lowest BCUT2D eigenvalue weighted by Crippen LogP contribution is -2.61. The van der Waals surface area contributed by atoms with Crippen LogP contribution in [0.2, 0.25) is 0 Å². The van der Waals surface area contributed by atoms with Gasteiger partial charge >= 0.3 is 5.97 Å². The number of hydrogen-bond donors (Lipinski definition) is 5. The van der Waals surface area contributed by atoms with Gasteiger partial charge in [-0.2, -0.15) is 0 Å². The van der Waals surface area contributed by atoms with Crippen molar-refractivity contribution in [3.63, 3.8) is 0 Å². The zero-order valence-corrected chi connectivity index (χ0v) is 19.8. The van der Waals surface area contributed by atoms with Gasteiger partial charge in [0.15, 0.2) is 34.9 Å². The quantitative estimate of drug-likeness (QED) is 0.286. The molecule has 5 atom stereocenters. The van der Waals surface area contributed by atoms with Crippen LogP contribution >= 0.6 is 0 Å².